The molecule has 0 bridgehead atoms. The Morgan fingerprint density at radius 3 is 2.48 bits per heavy atom. The van der Waals surface area contributed by atoms with Gasteiger partial charge in [0.25, 0.3) is 5.91 Å². The van der Waals surface area contributed by atoms with Crippen LogP contribution in [0.25, 0.3) is 5.69 Å². The Kier molecular flexibility index (Phi) is 5.82. The summed E-state index contributed by atoms with van der Waals surface area (Å²) in [6.45, 7) is 1.49. The summed E-state index contributed by atoms with van der Waals surface area (Å²) < 4.78 is 6.95. The average molecular weight is 383 g/mol. The van der Waals surface area contributed by atoms with E-state index in [1.165, 1.54) is 11.8 Å². The third-order valence-corrected chi connectivity index (χ3v) is 4.27. The highest BCUT2D eigenvalue weighted by Crippen LogP contribution is 2.20. The van der Waals surface area contributed by atoms with Gasteiger partial charge in [-0.1, -0.05) is 11.8 Å². The minimum absolute atomic E-state index is 0.354. The zero-order chi connectivity index (χ0) is 19.2. The molecule has 138 valence electrons. The smallest absolute Gasteiger partial charge is 0.338 e. The summed E-state index contributed by atoms with van der Waals surface area (Å²) in [6, 6.07) is 10.1. The zero-order valence-electron chi connectivity index (χ0n) is 14.7. The molecule has 0 saturated carbocycles. The largest absolute Gasteiger partial charge is 0.452 e. The van der Waals surface area contributed by atoms with E-state index in [0.29, 0.717) is 11.3 Å². The Morgan fingerprint density at radius 1 is 1.11 bits per heavy atom. The normalized spacial score (nSPS) is 10.4. The number of rotatable bonds is 6. The van der Waals surface area contributed by atoms with Gasteiger partial charge in [0.2, 0.25) is 0 Å². The van der Waals surface area contributed by atoms with Gasteiger partial charge in [-0.15, -0.1) is 10.2 Å². The van der Waals surface area contributed by atoms with Gasteiger partial charge in [-0.3, -0.25) is 14.3 Å². The number of esters is 1. The number of thioether (sulfide) groups is 1. The highest BCUT2D eigenvalue weighted by Gasteiger charge is 2.13. The van der Waals surface area contributed by atoms with Crippen LogP contribution < -0.4 is 5.32 Å². The molecule has 0 unspecified atom stereocenters. The average Bonchev–Trinajstić information content (AvgIpc) is 3.07. The Morgan fingerprint density at radius 2 is 1.81 bits per heavy atom. The second kappa shape index (κ2) is 8.45. The fourth-order valence-corrected chi connectivity index (χ4v) is 2.91. The fourth-order valence-electron chi connectivity index (χ4n) is 2.37. The molecule has 0 aliphatic rings. The van der Waals surface area contributed by atoms with Gasteiger partial charge in [-0.2, -0.15) is 0 Å². The number of hydrogen-bond donors (Lipinski definition) is 1. The molecule has 0 fully saturated rings. The van der Waals surface area contributed by atoms with Crippen LogP contribution in [0.15, 0.2) is 53.9 Å². The van der Waals surface area contributed by atoms with Crippen molar-refractivity contribution in [2.45, 2.75) is 12.1 Å². The molecular formula is C18H17N5O3S. The third-order valence-electron chi connectivity index (χ3n) is 3.64. The van der Waals surface area contributed by atoms with E-state index in [1.54, 1.807) is 48.8 Å². The third kappa shape index (κ3) is 4.50. The number of nitrogens with one attached hydrogen (secondary N) is 1. The number of carbonyl (C=O) groups is 2. The number of ether oxygens (including phenoxy) is 1. The van der Waals surface area contributed by atoms with E-state index < -0.39 is 11.9 Å². The molecule has 9 heteroatoms. The van der Waals surface area contributed by atoms with Gasteiger partial charge < -0.3 is 10.1 Å². The molecule has 1 N–H and O–H groups in total. The van der Waals surface area contributed by atoms with Crippen LogP contribution in [0.2, 0.25) is 0 Å². The standard InChI is InChI=1S/C18H17N5O3S/c1-12-21-22-18(27-2)23(12)15-5-3-13(4-6-15)17(25)26-11-16(24)20-14-7-9-19-10-8-14/h3-10H,11H2,1-2H3,(H,19,20,24). The lowest BCUT2D eigenvalue weighted by atomic mass is 10.2. The van der Waals surface area contributed by atoms with Gasteiger partial charge in [-0.25, -0.2) is 4.79 Å². The van der Waals surface area contributed by atoms with Crippen molar-refractivity contribution in [3.63, 3.8) is 0 Å². The molecular weight excluding hydrogens is 366 g/mol. The first kappa shape index (κ1) is 18.6. The van der Waals surface area contributed by atoms with E-state index in [0.717, 1.165) is 16.7 Å². The van der Waals surface area contributed by atoms with Crippen molar-refractivity contribution in [2.75, 3.05) is 18.2 Å². The van der Waals surface area contributed by atoms with Crippen LogP contribution >= 0.6 is 11.8 Å². The van der Waals surface area contributed by atoms with E-state index >= 15 is 0 Å². The van der Waals surface area contributed by atoms with E-state index in [-0.39, 0.29) is 6.61 Å². The van der Waals surface area contributed by atoms with E-state index in [4.69, 9.17) is 4.74 Å². The Hall–Kier alpha value is -3.20. The summed E-state index contributed by atoms with van der Waals surface area (Å²) in [5.41, 5.74) is 1.78. The van der Waals surface area contributed by atoms with Gasteiger partial charge in [0.1, 0.15) is 5.82 Å². The molecule has 0 atom stereocenters. The number of hydrogen-bond acceptors (Lipinski definition) is 7. The second-order valence-electron chi connectivity index (χ2n) is 5.48. The number of pyridine rings is 1. The monoisotopic (exact) mass is 383 g/mol. The summed E-state index contributed by atoms with van der Waals surface area (Å²) in [6.07, 6.45) is 5.04. The van der Waals surface area contributed by atoms with Crippen molar-refractivity contribution in [3.05, 3.63) is 60.2 Å². The number of amides is 1. The van der Waals surface area contributed by atoms with Crippen molar-refractivity contribution in [2.24, 2.45) is 0 Å². The maximum Gasteiger partial charge on any atom is 0.338 e. The molecule has 0 aliphatic heterocycles. The molecule has 1 aromatic carbocycles. The Bertz CT molecular complexity index is 941. The van der Waals surface area contributed by atoms with Crippen LogP contribution in [0.4, 0.5) is 5.69 Å². The first-order valence-corrected chi connectivity index (χ1v) is 9.24. The zero-order valence-corrected chi connectivity index (χ0v) is 15.6. The van der Waals surface area contributed by atoms with Gasteiger partial charge in [-0.05, 0) is 49.6 Å². The van der Waals surface area contributed by atoms with Gasteiger partial charge >= 0.3 is 5.97 Å². The maximum absolute atomic E-state index is 12.1. The number of nitrogens with zero attached hydrogens (tertiary/aromatic N) is 4. The number of aryl methyl sites for hydroxylation is 1. The number of anilines is 1. The van der Waals surface area contributed by atoms with Crippen molar-refractivity contribution in [1.82, 2.24) is 19.7 Å². The summed E-state index contributed by atoms with van der Waals surface area (Å²) in [4.78, 5) is 27.8. The molecule has 1 amide bonds. The first-order chi connectivity index (χ1) is 13.1. The summed E-state index contributed by atoms with van der Waals surface area (Å²) in [5.74, 6) is -0.240. The minimum atomic E-state index is -0.572. The molecule has 0 spiro atoms. The predicted octanol–water partition coefficient (Wildman–Crippen LogP) is 2.49. The number of benzene rings is 1. The highest BCUT2D eigenvalue weighted by molar-refractivity contribution is 7.98. The van der Waals surface area contributed by atoms with Crippen molar-refractivity contribution in [3.8, 4) is 5.69 Å². The number of aromatic nitrogens is 4. The molecule has 3 aromatic rings. The van der Waals surface area contributed by atoms with Crippen LogP contribution in [-0.4, -0.2) is 44.5 Å². The number of carbonyl (C=O) groups excluding carboxylic acids is 2. The summed E-state index contributed by atoms with van der Waals surface area (Å²) in [7, 11) is 0. The lowest BCUT2D eigenvalue weighted by Gasteiger charge is -2.09. The van der Waals surface area contributed by atoms with E-state index in [1.807, 2.05) is 17.7 Å². The lowest BCUT2D eigenvalue weighted by Crippen LogP contribution is -2.20. The Balaban J connectivity index is 1.61. The molecule has 0 aliphatic carbocycles. The van der Waals surface area contributed by atoms with Crippen LogP contribution in [0.1, 0.15) is 16.2 Å². The van der Waals surface area contributed by atoms with Gasteiger partial charge in [0, 0.05) is 23.8 Å². The molecule has 3 rings (SSSR count). The quantitative estimate of drug-likeness (QED) is 0.516. The van der Waals surface area contributed by atoms with Crippen LogP contribution in [-0.2, 0) is 9.53 Å². The molecule has 27 heavy (non-hydrogen) atoms. The SMILES string of the molecule is CSc1nnc(C)n1-c1ccc(C(=O)OCC(=O)Nc2ccncc2)cc1. The predicted molar refractivity (Wildman–Crippen MR) is 101 cm³/mol. The Labute approximate surface area is 160 Å². The van der Waals surface area contributed by atoms with Crippen LogP contribution in [0, 0.1) is 6.92 Å². The molecule has 2 heterocycles. The topological polar surface area (TPSA) is 99.0 Å². The van der Waals surface area contributed by atoms with Crippen molar-refractivity contribution < 1.29 is 14.3 Å². The van der Waals surface area contributed by atoms with E-state index in [9.17, 15) is 9.59 Å². The van der Waals surface area contributed by atoms with Crippen LogP contribution in [0.5, 0.6) is 0 Å². The van der Waals surface area contributed by atoms with Crippen molar-refractivity contribution in [1.29, 1.82) is 0 Å². The fraction of sp³-hybridized carbons (Fsp3) is 0.167. The maximum atomic E-state index is 12.1. The molecule has 8 nitrogen and oxygen atoms in total. The van der Waals surface area contributed by atoms with Crippen LogP contribution in [0.3, 0.4) is 0 Å². The minimum Gasteiger partial charge on any atom is -0.452 e. The first-order valence-electron chi connectivity index (χ1n) is 8.02. The molecule has 2 aromatic heterocycles. The molecule has 0 radical (unpaired) electrons. The summed E-state index contributed by atoms with van der Waals surface area (Å²) in [5, 5.41) is 11.5. The molecule has 0 saturated heterocycles. The highest BCUT2D eigenvalue weighted by atomic mass is 32.2. The van der Waals surface area contributed by atoms with Crippen molar-refractivity contribution >= 4 is 29.3 Å². The summed E-state index contributed by atoms with van der Waals surface area (Å²) >= 11 is 1.48. The van der Waals surface area contributed by atoms with E-state index in [2.05, 4.69) is 20.5 Å². The second-order valence-corrected chi connectivity index (χ2v) is 6.25. The lowest BCUT2D eigenvalue weighted by molar-refractivity contribution is -0.119. The van der Waals surface area contributed by atoms with Gasteiger partial charge in [0.15, 0.2) is 11.8 Å². The van der Waals surface area contributed by atoms with Gasteiger partial charge in [0.05, 0.1) is 5.56 Å².